The van der Waals surface area contributed by atoms with E-state index in [2.05, 4.69) is 29.0 Å². The first-order valence-electron chi connectivity index (χ1n) is 8.91. The molecular weight excluding hydrogens is 262 g/mol. The van der Waals surface area contributed by atoms with E-state index in [-0.39, 0.29) is 5.91 Å². The van der Waals surface area contributed by atoms with Gasteiger partial charge in [0.25, 0.3) is 0 Å². The van der Waals surface area contributed by atoms with E-state index in [4.69, 9.17) is 0 Å². The first kappa shape index (κ1) is 16.8. The van der Waals surface area contributed by atoms with E-state index in [1.807, 2.05) is 0 Å². The minimum Gasteiger partial charge on any atom is -0.353 e. The average Bonchev–Trinajstić information content (AvgIpc) is 2.50. The average molecular weight is 295 g/mol. The molecule has 1 aliphatic carbocycles. The van der Waals surface area contributed by atoms with E-state index in [1.165, 1.54) is 38.6 Å². The molecule has 2 rings (SSSR count). The van der Waals surface area contributed by atoms with Gasteiger partial charge >= 0.3 is 0 Å². The Bertz CT molecular complexity index is 307. The van der Waals surface area contributed by atoms with Crippen LogP contribution in [0.5, 0.6) is 0 Å². The van der Waals surface area contributed by atoms with Crippen LogP contribution < -0.4 is 5.32 Å². The van der Waals surface area contributed by atoms with Crippen molar-refractivity contribution in [3.05, 3.63) is 0 Å². The summed E-state index contributed by atoms with van der Waals surface area (Å²) in [6.45, 7) is 10.4. The zero-order valence-corrected chi connectivity index (χ0v) is 13.9. The highest BCUT2D eigenvalue weighted by atomic mass is 16.2. The molecule has 1 unspecified atom stereocenters. The Kier molecular flexibility index (Phi) is 6.97. The Morgan fingerprint density at radius 1 is 1.10 bits per heavy atom. The zero-order valence-electron chi connectivity index (χ0n) is 13.9. The molecule has 0 radical (unpaired) electrons. The maximum Gasteiger partial charge on any atom is 0.234 e. The monoisotopic (exact) mass is 295 g/mol. The van der Waals surface area contributed by atoms with Gasteiger partial charge in [-0.1, -0.05) is 26.2 Å². The third-order valence-corrected chi connectivity index (χ3v) is 5.09. The van der Waals surface area contributed by atoms with Gasteiger partial charge in [-0.25, -0.2) is 0 Å². The summed E-state index contributed by atoms with van der Waals surface area (Å²) < 4.78 is 0. The minimum absolute atomic E-state index is 0.185. The molecule has 21 heavy (non-hydrogen) atoms. The van der Waals surface area contributed by atoms with Crippen LogP contribution in [0.2, 0.25) is 0 Å². The van der Waals surface area contributed by atoms with Crippen molar-refractivity contribution in [3.63, 3.8) is 0 Å². The lowest BCUT2D eigenvalue weighted by Gasteiger charge is -2.37. The highest BCUT2D eigenvalue weighted by Crippen LogP contribution is 2.24. The number of nitrogens with zero attached hydrogens (tertiary/aromatic N) is 2. The lowest BCUT2D eigenvalue weighted by molar-refractivity contribution is -0.123. The Hall–Kier alpha value is -0.610. The molecule has 1 amide bonds. The third-order valence-electron chi connectivity index (χ3n) is 5.09. The molecule has 0 aromatic carbocycles. The van der Waals surface area contributed by atoms with E-state index < -0.39 is 0 Å². The molecule has 1 saturated heterocycles. The molecule has 2 fully saturated rings. The van der Waals surface area contributed by atoms with E-state index in [1.54, 1.807) is 0 Å². The quantitative estimate of drug-likeness (QED) is 0.815. The SMILES string of the molecule is CCC(C)NC(=O)CN1CCN(CC2CCCCC2)CC1. The number of carbonyl (C=O) groups excluding carboxylic acids is 1. The van der Waals surface area contributed by atoms with E-state index >= 15 is 0 Å². The molecule has 1 N–H and O–H groups in total. The Morgan fingerprint density at radius 2 is 1.71 bits per heavy atom. The van der Waals surface area contributed by atoms with Crippen LogP contribution in [0.15, 0.2) is 0 Å². The molecule has 1 atom stereocenters. The number of piperazine rings is 1. The summed E-state index contributed by atoms with van der Waals surface area (Å²) in [7, 11) is 0. The van der Waals surface area contributed by atoms with Gasteiger partial charge < -0.3 is 10.2 Å². The van der Waals surface area contributed by atoms with Crippen molar-refractivity contribution in [3.8, 4) is 0 Å². The lowest BCUT2D eigenvalue weighted by atomic mass is 9.89. The minimum atomic E-state index is 0.185. The van der Waals surface area contributed by atoms with Crippen molar-refractivity contribution < 1.29 is 4.79 Å². The second kappa shape index (κ2) is 8.74. The van der Waals surface area contributed by atoms with Crippen LogP contribution in [0.4, 0.5) is 0 Å². The first-order valence-corrected chi connectivity index (χ1v) is 8.91. The van der Waals surface area contributed by atoms with Crippen molar-refractivity contribution in [2.75, 3.05) is 39.3 Å². The van der Waals surface area contributed by atoms with Crippen molar-refractivity contribution in [2.45, 2.75) is 58.4 Å². The molecule has 0 aromatic heterocycles. The van der Waals surface area contributed by atoms with Crippen molar-refractivity contribution in [1.29, 1.82) is 0 Å². The van der Waals surface area contributed by atoms with Gasteiger partial charge in [0.05, 0.1) is 6.54 Å². The first-order chi connectivity index (χ1) is 10.2. The number of amides is 1. The van der Waals surface area contributed by atoms with Gasteiger partial charge in [0.1, 0.15) is 0 Å². The Labute approximate surface area is 130 Å². The predicted octanol–water partition coefficient (Wildman–Crippen LogP) is 2.10. The summed E-state index contributed by atoms with van der Waals surface area (Å²) in [5.74, 6) is 1.11. The molecule has 0 bridgehead atoms. The maximum absolute atomic E-state index is 11.9. The van der Waals surface area contributed by atoms with Crippen molar-refractivity contribution >= 4 is 5.91 Å². The van der Waals surface area contributed by atoms with Crippen LogP contribution in [0.25, 0.3) is 0 Å². The lowest BCUT2D eigenvalue weighted by Crippen LogP contribution is -2.51. The molecule has 1 saturated carbocycles. The van der Waals surface area contributed by atoms with Gasteiger partial charge in [-0.15, -0.1) is 0 Å². The summed E-state index contributed by atoms with van der Waals surface area (Å²) in [5, 5.41) is 3.06. The van der Waals surface area contributed by atoms with Gasteiger partial charge in [-0.2, -0.15) is 0 Å². The van der Waals surface area contributed by atoms with Crippen LogP contribution in [0.1, 0.15) is 52.4 Å². The van der Waals surface area contributed by atoms with E-state index in [0.717, 1.165) is 38.5 Å². The fourth-order valence-electron chi connectivity index (χ4n) is 3.49. The van der Waals surface area contributed by atoms with Crippen molar-refractivity contribution in [2.24, 2.45) is 5.92 Å². The molecule has 0 spiro atoms. The summed E-state index contributed by atoms with van der Waals surface area (Å²) in [5.41, 5.74) is 0. The topological polar surface area (TPSA) is 35.6 Å². The number of carbonyl (C=O) groups is 1. The predicted molar refractivity (Wildman–Crippen MR) is 87.4 cm³/mol. The Balaban J connectivity index is 1.62. The molecule has 0 aromatic rings. The zero-order chi connectivity index (χ0) is 15.1. The standard InChI is InChI=1S/C17H33N3O/c1-3-15(2)18-17(21)14-20-11-9-19(10-12-20)13-16-7-5-4-6-8-16/h15-16H,3-14H2,1-2H3,(H,18,21). The molecule has 122 valence electrons. The van der Waals surface area contributed by atoms with Gasteiger partial charge in [0.2, 0.25) is 5.91 Å². The van der Waals surface area contributed by atoms with Crippen LogP contribution in [0.3, 0.4) is 0 Å². The fraction of sp³-hybridized carbons (Fsp3) is 0.941. The second-order valence-electron chi connectivity index (χ2n) is 6.96. The van der Waals surface area contributed by atoms with Gasteiger partial charge in [-0.05, 0) is 32.1 Å². The maximum atomic E-state index is 11.9. The van der Waals surface area contributed by atoms with Gasteiger partial charge in [0.15, 0.2) is 0 Å². The summed E-state index contributed by atoms with van der Waals surface area (Å²) in [6.07, 6.45) is 8.16. The van der Waals surface area contributed by atoms with Crippen LogP contribution in [-0.2, 0) is 4.79 Å². The van der Waals surface area contributed by atoms with Gasteiger partial charge in [0, 0.05) is 38.8 Å². The van der Waals surface area contributed by atoms with Crippen LogP contribution in [-0.4, -0.2) is 61.0 Å². The molecule has 1 heterocycles. The fourth-order valence-corrected chi connectivity index (χ4v) is 3.49. The summed E-state index contributed by atoms with van der Waals surface area (Å²) >= 11 is 0. The van der Waals surface area contributed by atoms with Gasteiger partial charge in [-0.3, -0.25) is 9.69 Å². The molecule has 4 heteroatoms. The number of nitrogens with one attached hydrogen (secondary N) is 1. The number of hydrogen-bond donors (Lipinski definition) is 1. The Morgan fingerprint density at radius 3 is 2.33 bits per heavy atom. The summed E-state index contributed by atoms with van der Waals surface area (Å²) in [6, 6.07) is 0.296. The second-order valence-corrected chi connectivity index (χ2v) is 6.96. The van der Waals surface area contributed by atoms with Crippen molar-refractivity contribution in [1.82, 2.24) is 15.1 Å². The smallest absolute Gasteiger partial charge is 0.234 e. The molecule has 2 aliphatic rings. The van der Waals surface area contributed by atoms with E-state index in [0.29, 0.717) is 12.6 Å². The third kappa shape index (κ3) is 5.95. The highest BCUT2D eigenvalue weighted by molar-refractivity contribution is 5.78. The van der Waals surface area contributed by atoms with Crippen LogP contribution >= 0.6 is 0 Å². The highest BCUT2D eigenvalue weighted by Gasteiger charge is 2.22. The molecular formula is C17H33N3O. The molecule has 4 nitrogen and oxygen atoms in total. The molecule has 1 aliphatic heterocycles. The van der Waals surface area contributed by atoms with E-state index in [9.17, 15) is 4.79 Å². The number of hydrogen-bond acceptors (Lipinski definition) is 3. The number of rotatable bonds is 6. The van der Waals surface area contributed by atoms with Crippen LogP contribution in [0, 0.1) is 5.92 Å². The summed E-state index contributed by atoms with van der Waals surface area (Å²) in [4.78, 5) is 16.8. The normalized spacial score (nSPS) is 23.9. The largest absolute Gasteiger partial charge is 0.353 e.